The summed E-state index contributed by atoms with van der Waals surface area (Å²) in [6.07, 6.45) is 0. The molecular weight excluding hydrogens is 300 g/mol. The molecule has 0 fully saturated rings. The highest BCUT2D eigenvalue weighted by Gasteiger charge is 2.10. The van der Waals surface area contributed by atoms with Crippen LogP contribution in [0.5, 0.6) is 0 Å². The van der Waals surface area contributed by atoms with Gasteiger partial charge in [-0.15, -0.1) is 0 Å². The van der Waals surface area contributed by atoms with Crippen LogP contribution in [0.3, 0.4) is 0 Å². The van der Waals surface area contributed by atoms with E-state index in [0.717, 1.165) is 19.6 Å². The summed E-state index contributed by atoms with van der Waals surface area (Å²) in [5.41, 5.74) is 0. The molecule has 10 heteroatoms. The number of hydrogen-bond donors (Lipinski definition) is 2. The van der Waals surface area contributed by atoms with Gasteiger partial charge < -0.3 is 10.2 Å². The quantitative estimate of drug-likeness (QED) is 0.718. The first-order valence-corrected chi connectivity index (χ1v) is 7.60. The van der Waals surface area contributed by atoms with Gasteiger partial charge in [0.1, 0.15) is 0 Å². The minimum atomic E-state index is 0.0175. The molecule has 0 radical (unpaired) electrons. The fourth-order valence-electron chi connectivity index (χ4n) is 1.44. The highest BCUT2D eigenvalue weighted by Crippen LogP contribution is 2.18. The van der Waals surface area contributed by atoms with Gasteiger partial charge in [0.05, 0.1) is 26.3 Å². The first-order chi connectivity index (χ1) is 9.65. The van der Waals surface area contributed by atoms with Crippen LogP contribution in [0.4, 0.5) is 0 Å². The first-order valence-electron chi connectivity index (χ1n) is 5.97. The van der Waals surface area contributed by atoms with Gasteiger partial charge in [0.25, 0.3) is 0 Å². The van der Waals surface area contributed by atoms with E-state index in [1.54, 1.807) is 23.5 Å². The molecule has 20 heavy (non-hydrogen) atoms. The average Bonchev–Trinajstić information content (AvgIpc) is 2.98. The molecule has 0 atom stereocenters. The van der Waals surface area contributed by atoms with Gasteiger partial charge in [-0.25, -0.2) is 9.36 Å². The predicted molar refractivity (Wildman–Crippen MR) is 76.2 cm³/mol. The van der Waals surface area contributed by atoms with Crippen LogP contribution in [0.25, 0.3) is 10.0 Å². The molecule has 0 bridgehead atoms. The number of aromatic nitrogens is 4. The summed E-state index contributed by atoms with van der Waals surface area (Å²) in [7, 11) is 3.61. The minimum Gasteiger partial charge on any atom is -0.394 e. The molecule has 0 aliphatic heterocycles. The first kappa shape index (κ1) is 15.0. The standard InChI is InChI=1S/C10H16N6O2S2/c1-15-9(11-3-5-17)19-7(13-15)8-14-16(2)10(20-8)12-4-6-18/h17-18H,3-6H2,1-2H3. The fourth-order valence-corrected chi connectivity index (χ4v) is 3.27. The van der Waals surface area contributed by atoms with E-state index in [9.17, 15) is 0 Å². The molecule has 0 aliphatic rings. The van der Waals surface area contributed by atoms with Crippen LogP contribution in [0.2, 0.25) is 0 Å². The lowest BCUT2D eigenvalue weighted by Crippen LogP contribution is -2.13. The maximum Gasteiger partial charge on any atom is 0.203 e. The van der Waals surface area contributed by atoms with Crippen molar-refractivity contribution in [3.8, 4) is 10.0 Å². The number of rotatable bonds is 5. The third-order valence-electron chi connectivity index (χ3n) is 2.29. The zero-order valence-corrected chi connectivity index (χ0v) is 12.9. The van der Waals surface area contributed by atoms with Gasteiger partial charge in [-0.05, 0) is 0 Å². The van der Waals surface area contributed by atoms with Crippen molar-refractivity contribution in [1.82, 2.24) is 19.6 Å². The molecular formula is C10H16N6O2S2. The molecule has 110 valence electrons. The Morgan fingerprint density at radius 3 is 1.65 bits per heavy atom. The van der Waals surface area contributed by atoms with Crippen molar-refractivity contribution in [1.29, 1.82) is 0 Å². The predicted octanol–water partition coefficient (Wildman–Crippen LogP) is -1.27. The molecule has 2 aromatic heterocycles. The lowest BCUT2D eigenvalue weighted by molar-refractivity contribution is 0.305. The normalized spacial score (nSPS) is 13.4. The molecule has 0 saturated heterocycles. The number of aryl methyl sites for hydroxylation is 2. The van der Waals surface area contributed by atoms with Crippen LogP contribution in [0.15, 0.2) is 9.98 Å². The highest BCUT2D eigenvalue weighted by atomic mass is 32.1. The van der Waals surface area contributed by atoms with Crippen molar-refractivity contribution >= 4 is 22.7 Å². The van der Waals surface area contributed by atoms with Crippen molar-refractivity contribution in [2.24, 2.45) is 24.1 Å². The molecule has 2 N–H and O–H groups in total. The second-order valence-electron chi connectivity index (χ2n) is 3.84. The Morgan fingerprint density at radius 2 is 1.30 bits per heavy atom. The highest BCUT2D eigenvalue weighted by molar-refractivity contribution is 7.19. The van der Waals surface area contributed by atoms with Gasteiger partial charge in [-0.3, -0.25) is 9.98 Å². The van der Waals surface area contributed by atoms with Crippen molar-refractivity contribution in [2.75, 3.05) is 26.3 Å². The average molecular weight is 316 g/mol. The van der Waals surface area contributed by atoms with Crippen molar-refractivity contribution in [2.45, 2.75) is 0 Å². The third kappa shape index (κ3) is 3.39. The monoisotopic (exact) mass is 316 g/mol. The summed E-state index contributed by atoms with van der Waals surface area (Å²) in [5, 5.41) is 27.9. The topological polar surface area (TPSA) is 101 Å². The second-order valence-corrected chi connectivity index (χ2v) is 5.75. The van der Waals surface area contributed by atoms with Gasteiger partial charge in [-0.2, -0.15) is 10.2 Å². The van der Waals surface area contributed by atoms with Crippen molar-refractivity contribution in [3.05, 3.63) is 9.60 Å². The Morgan fingerprint density at radius 1 is 0.900 bits per heavy atom. The molecule has 2 heterocycles. The largest absolute Gasteiger partial charge is 0.394 e. The molecule has 2 aromatic rings. The summed E-state index contributed by atoms with van der Waals surface area (Å²) < 4.78 is 3.34. The summed E-state index contributed by atoms with van der Waals surface area (Å²) in [5.74, 6) is 0. The molecule has 0 saturated carbocycles. The van der Waals surface area contributed by atoms with Gasteiger partial charge >= 0.3 is 0 Å². The summed E-state index contributed by atoms with van der Waals surface area (Å²) >= 11 is 2.83. The molecule has 0 aliphatic carbocycles. The minimum absolute atomic E-state index is 0.0175. The van der Waals surface area contributed by atoms with Crippen LogP contribution in [0, 0.1) is 0 Å². The lowest BCUT2D eigenvalue weighted by atomic mass is 10.7. The van der Waals surface area contributed by atoms with Crippen LogP contribution >= 0.6 is 22.7 Å². The van der Waals surface area contributed by atoms with Crippen LogP contribution in [-0.2, 0) is 14.1 Å². The Balaban J connectivity index is 2.38. The lowest BCUT2D eigenvalue weighted by Gasteiger charge is -1.87. The maximum atomic E-state index is 8.80. The summed E-state index contributed by atoms with van der Waals surface area (Å²) in [4.78, 5) is 9.94. The Hall–Kier alpha value is -1.36. The van der Waals surface area contributed by atoms with Crippen molar-refractivity contribution < 1.29 is 10.2 Å². The fraction of sp³-hybridized carbons (Fsp3) is 0.600. The zero-order valence-electron chi connectivity index (χ0n) is 11.2. The number of aliphatic hydroxyl groups excluding tert-OH is 2. The van der Waals surface area contributed by atoms with Gasteiger partial charge in [0.2, 0.25) is 9.60 Å². The molecule has 0 aromatic carbocycles. The molecule has 0 unspecified atom stereocenters. The second kappa shape index (κ2) is 6.88. The van der Waals surface area contributed by atoms with E-state index in [0.29, 0.717) is 13.1 Å². The molecule has 0 amide bonds. The number of nitrogens with zero attached hydrogens (tertiary/aromatic N) is 6. The summed E-state index contributed by atoms with van der Waals surface area (Å²) in [6, 6.07) is 0. The van der Waals surface area contributed by atoms with Crippen molar-refractivity contribution in [3.63, 3.8) is 0 Å². The maximum absolute atomic E-state index is 8.80. The SMILES string of the molecule is Cn1nc(-c2nn(C)c(=NCCO)s2)sc1=NCCO. The number of aliphatic hydroxyl groups is 2. The molecule has 2 rings (SSSR count). The van der Waals surface area contributed by atoms with E-state index in [4.69, 9.17) is 10.2 Å². The van der Waals surface area contributed by atoms with Gasteiger partial charge in [0, 0.05) is 14.1 Å². The van der Waals surface area contributed by atoms with Crippen LogP contribution < -0.4 is 9.60 Å². The van der Waals surface area contributed by atoms with E-state index < -0.39 is 0 Å². The summed E-state index contributed by atoms with van der Waals surface area (Å²) in [6.45, 7) is 0.754. The van der Waals surface area contributed by atoms with E-state index in [1.165, 1.54) is 22.7 Å². The van der Waals surface area contributed by atoms with E-state index in [-0.39, 0.29) is 13.2 Å². The number of hydrogen-bond acceptors (Lipinski definition) is 8. The van der Waals surface area contributed by atoms with E-state index in [1.807, 2.05) is 0 Å². The Bertz CT molecular complexity index is 635. The Labute approximate surface area is 123 Å². The van der Waals surface area contributed by atoms with Crippen LogP contribution in [0.1, 0.15) is 0 Å². The third-order valence-corrected chi connectivity index (χ3v) is 4.51. The van der Waals surface area contributed by atoms with Crippen LogP contribution in [-0.4, -0.2) is 56.1 Å². The zero-order chi connectivity index (χ0) is 14.5. The van der Waals surface area contributed by atoms with Gasteiger partial charge in [0.15, 0.2) is 10.0 Å². The van der Waals surface area contributed by atoms with E-state index >= 15 is 0 Å². The molecule has 8 nitrogen and oxygen atoms in total. The van der Waals surface area contributed by atoms with Gasteiger partial charge in [-0.1, -0.05) is 22.7 Å². The Kier molecular flexibility index (Phi) is 5.17. The smallest absolute Gasteiger partial charge is 0.203 e. The van der Waals surface area contributed by atoms with E-state index in [2.05, 4.69) is 20.2 Å². The molecule has 0 spiro atoms.